The van der Waals surface area contributed by atoms with Gasteiger partial charge in [-0.2, -0.15) is 0 Å². The van der Waals surface area contributed by atoms with Gasteiger partial charge in [-0.3, -0.25) is 9.59 Å². The van der Waals surface area contributed by atoms with Gasteiger partial charge in [0.15, 0.2) is 0 Å². The number of ether oxygens (including phenoxy) is 1. The Hall–Kier alpha value is -1.92. The summed E-state index contributed by atoms with van der Waals surface area (Å²) in [6, 6.07) is -0.635. The monoisotopic (exact) mass is 872 g/mol. The van der Waals surface area contributed by atoms with Crippen molar-refractivity contribution in [1.29, 1.82) is 0 Å². The van der Waals surface area contributed by atoms with Gasteiger partial charge in [-0.05, 0) is 83.5 Å². The molecule has 0 rings (SSSR count). The number of hydrogen-bond acceptors (Lipinski definition) is 5. The van der Waals surface area contributed by atoms with E-state index in [0.717, 1.165) is 57.8 Å². The first-order valence-electron chi connectivity index (χ1n) is 27.3. The predicted molar refractivity (Wildman–Crippen MR) is 269 cm³/mol. The van der Waals surface area contributed by atoms with Crippen molar-refractivity contribution in [2.24, 2.45) is 0 Å². The molecule has 0 spiro atoms. The number of aliphatic hydroxyl groups excluding tert-OH is 2. The van der Waals surface area contributed by atoms with E-state index in [0.29, 0.717) is 19.4 Å². The molecular formula is C56H105NO5. The smallest absolute Gasteiger partial charge is 0.305 e. The zero-order valence-corrected chi connectivity index (χ0v) is 41.4. The highest BCUT2D eigenvalue weighted by atomic mass is 16.5. The van der Waals surface area contributed by atoms with Gasteiger partial charge >= 0.3 is 5.97 Å². The number of hydrogen-bond donors (Lipinski definition) is 3. The van der Waals surface area contributed by atoms with Crippen LogP contribution >= 0.6 is 0 Å². The van der Waals surface area contributed by atoms with E-state index in [9.17, 15) is 19.8 Å². The summed E-state index contributed by atoms with van der Waals surface area (Å²) in [6.45, 7) is 4.85. The van der Waals surface area contributed by atoms with Gasteiger partial charge in [0.05, 0.1) is 25.4 Å². The number of aliphatic hydroxyl groups is 2. The lowest BCUT2D eigenvalue weighted by atomic mass is 10.1. The minimum absolute atomic E-state index is 0.00393. The van der Waals surface area contributed by atoms with Gasteiger partial charge in [0, 0.05) is 12.8 Å². The first kappa shape index (κ1) is 60.1. The van der Waals surface area contributed by atoms with Gasteiger partial charge in [0.25, 0.3) is 0 Å². The quantitative estimate of drug-likeness (QED) is 0.0321. The molecule has 3 N–H and O–H groups in total. The fourth-order valence-electron chi connectivity index (χ4n) is 8.15. The molecule has 0 aromatic heterocycles. The van der Waals surface area contributed by atoms with Crippen LogP contribution in [-0.4, -0.2) is 47.4 Å². The minimum Gasteiger partial charge on any atom is -0.466 e. The molecule has 62 heavy (non-hydrogen) atoms. The second kappa shape index (κ2) is 51.7. The molecule has 2 unspecified atom stereocenters. The van der Waals surface area contributed by atoms with E-state index in [2.05, 4.69) is 43.5 Å². The molecule has 0 aliphatic heterocycles. The Bertz CT molecular complexity index is 1010. The highest BCUT2D eigenvalue weighted by Crippen LogP contribution is 2.15. The highest BCUT2D eigenvalue weighted by Gasteiger charge is 2.18. The zero-order valence-electron chi connectivity index (χ0n) is 41.4. The number of unbranched alkanes of at least 4 members (excludes halogenated alkanes) is 35. The largest absolute Gasteiger partial charge is 0.466 e. The summed E-state index contributed by atoms with van der Waals surface area (Å²) < 4.78 is 5.48. The number of rotatable bonds is 50. The molecule has 1 amide bonds. The molecule has 0 bridgehead atoms. The second-order valence-corrected chi connectivity index (χ2v) is 18.5. The Balaban J connectivity index is 3.43. The van der Waals surface area contributed by atoms with Crippen LogP contribution in [0.1, 0.15) is 284 Å². The number of nitrogens with one attached hydrogen (secondary N) is 1. The fourth-order valence-corrected chi connectivity index (χ4v) is 8.15. The summed E-state index contributed by atoms with van der Waals surface area (Å²) in [4.78, 5) is 24.4. The Morgan fingerprint density at radius 1 is 0.435 bits per heavy atom. The third-order valence-electron chi connectivity index (χ3n) is 12.4. The molecular weight excluding hydrogens is 767 g/mol. The van der Waals surface area contributed by atoms with Crippen molar-refractivity contribution < 1.29 is 24.5 Å². The molecule has 6 nitrogen and oxygen atoms in total. The van der Waals surface area contributed by atoms with Crippen molar-refractivity contribution in [3.63, 3.8) is 0 Å². The molecule has 0 radical (unpaired) electrons. The van der Waals surface area contributed by atoms with Crippen LogP contribution in [0, 0.1) is 0 Å². The van der Waals surface area contributed by atoms with E-state index in [1.54, 1.807) is 6.08 Å². The number of carbonyl (C=O) groups is 2. The lowest BCUT2D eigenvalue weighted by Gasteiger charge is -2.20. The summed E-state index contributed by atoms with van der Waals surface area (Å²) in [5.74, 6) is -0.0873. The fraction of sp³-hybridized carbons (Fsp3) is 0.857. The van der Waals surface area contributed by atoms with Crippen molar-refractivity contribution in [3.05, 3.63) is 36.5 Å². The molecule has 0 fully saturated rings. The molecule has 0 aromatic rings. The lowest BCUT2D eigenvalue weighted by molar-refractivity contribution is -0.143. The Labute approximate surface area is 385 Å². The van der Waals surface area contributed by atoms with Crippen LogP contribution in [-0.2, 0) is 14.3 Å². The Kier molecular flexibility index (Phi) is 50.1. The van der Waals surface area contributed by atoms with E-state index in [-0.39, 0.29) is 18.5 Å². The molecule has 6 heteroatoms. The summed E-state index contributed by atoms with van der Waals surface area (Å²) in [7, 11) is 0. The van der Waals surface area contributed by atoms with Crippen molar-refractivity contribution in [2.45, 2.75) is 296 Å². The van der Waals surface area contributed by atoms with E-state index in [1.807, 2.05) is 6.08 Å². The van der Waals surface area contributed by atoms with Crippen LogP contribution < -0.4 is 5.32 Å². The van der Waals surface area contributed by atoms with Crippen LogP contribution in [0.25, 0.3) is 0 Å². The molecule has 0 saturated heterocycles. The Morgan fingerprint density at radius 2 is 0.758 bits per heavy atom. The maximum atomic E-state index is 12.4. The Morgan fingerprint density at radius 3 is 1.15 bits per heavy atom. The van der Waals surface area contributed by atoms with Crippen LogP contribution in [0.4, 0.5) is 0 Å². The van der Waals surface area contributed by atoms with Gasteiger partial charge in [-0.1, -0.05) is 224 Å². The zero-order chi connectivity index (χ0) is 45.1. The number of carbonyl (C=O) groups excluding carboxylic acids is 2. The van der Waals surface area contributed by atoms with Crippen LogP contribution in [0.2, 0.25) is 0 Å². The lowest BCUT2D eigenvalue weighted by Crippen LogP contribution is -2.45. The topological polar surface area (TPSA) is 95.9 Å². The normalized spacial score (nSPS) is 12.9. The average molecular weight is 872 g/mol. The van der Waals surface area contributed by atoms with E-state index in [4.69, 9.17) is 4.74 Å². The van der Waals surface area contributed by atoms with Gasteiger partial charge in [-0.15, -0.1) is 0 Å². The van der Waals surface area contributed by atoms with Crippen LogP contribution in [0.3, 0.4) is 0 Å². The summed E-state index contributed by atoms with van der Waals surface area (Å²) in [6.07, 6.45) is 63.1. The van der Waals surface area contributed by atoms with Gasteiger partial charge in [0.1, 0.15) is 0 Å². The summed E-state index contributed by atoms with van der Waals surface area (Å²) >= 11 is 0. The van der Waals surface area contributed by atoms with Crippen LogP contribution in [0.5, 0.6) is 0 Å². The van der Waals surface area contributed by atoms with E-state index < -0.39 is 12.1 Å². The van der Waals surface area contributed by atoms with E-state index in [1.165, 1.54) is 199 Å². The van der Waals surface area contributed by atoms with Crippen molar-refractivity contribution >= 4 is 11.9 Å². The molecule has 364 valence electrons. The van der Waals surface area contributed by atoms with Gasteiger partial charge in [-0.25, -0.2) is 0 Å². The van der Waals surface area contributed by atoms with Crippen LogP contribution in [0.15, 0.2) is 36.5 Å². The summed E-state index contributed by atoms with van der Waals surface area (Å²) in [5, 5.41) is 22.9. The van der Waals surface area contributed by atoms with Gasteiger partial charge in [0.2, 0.25) is 5.91 Å². The van der Waals surface area contributed by atoms with E-state index >= 15 is 0 Å². The minimum atomic E-state index is -0.850. The number of esters is 1. The molecule has 0 aromatic carbocycles. The number of allylic oxidation sites excluding steroid dienone is 5. The molecule has 0 heterocycles. The second-order valence-electron chi connectivity index (χ2n) is 18.5. The summed E-state index contributed by atoms with van der Waals surface area (Å²) in [5.41, 5.74) is 0. The van der Waals surface area contributed by atoms with Crippen molar-refractivity contribution in [2.75, 3.05) is 13.2 Å². The third-order valence-corrected chi connectivity index (χ3v) is 12.4. The molecule has 0 saturated carbocycles. The molecule has 2 atom stereocenters. The SMILES string of the molecule is CCCCCCCC/C=C\CCCCCCCCCCCC(=O)OCCCCCCCC/C=C\CCCCCCCCCC(=O)NC(CO)C(O)/C=C/CCCCCCCCC. The maximum absolute atomic E-state index is 12.4. The average Bonchev–Trinajstić information content (AvgIpc) is 3.27. The predicted octanol–water partition coefficient (Wildman–Crippen LogP) is 16.5. The number of amides is 1. The third kappa shape index (κ3) is 47.6. The van der Waals surface area contributed by atoms with Crippen molar-refractivity contribution in [3.8, 4) is 0 Å². The van der Waals surface area contributed by atoms with Gasteiger partial charge < -0.3 is 20.3 Å². The molecule has 0 aliphatic carbocycles. The standard InChI is InChI=1S/C56H105NO5/c1-3-5-7-9-11-13-14-15-16-17-18-21-24-27-30-34-38-42-46-50-56(61)62-51-47-43-39-35-31-28-25-22-19-20-23-26-29-33-37-41-45-49-55(60)57-53(52-58)54(59)48-44-40-36-32-12-10-8-6-4-2/h15-16,19,22,44,48,53-54,58-59H,3-14,17-18,20-21,23-43,45-47,49-52H2,1-2H3,(H,57,60)/b16-15-,22-19-,48-44+. The first-order chi connectivity index (χ1) is 30.5. The van der Waals surface area contributed by atoms with Crippen molar-refractivity contribution in [1.82, 2.24) is 5.32 Å². The first-order valence-corrected chi connectivity index (χ1v) is 27.3. The maximum Gasteiger partial charge on any atom is 0.305 e. The molecule has 0 aliphatic rings. The highest BCUT2D eigenvalue weighted by molar-refractivity contribution is 5.76.